The number of carbonyl (C=O) groups excluding carboxylic acids is 1. The van der Waals surface area contributed by atoms with E-state index in [0.29, 0.717) is 31.6 Å². The first-order valence-electron chi connectivity index (χ1n) is 9.80. The van der Waals surface area contributed by atoms with E-state index in [0.717, 1.165) is 23.8 Å². The van der Waals surface area contributed by atoms with Crippen molar-refractivity contribution in [1.82, 2.24) is 5.43 Å². The molecule has 3 aromatic carbocycles. The molecule has 0 heterocycles. The van der Waals surface area contributed by atoms with Crippen LogP contribution in [0.5, 0.6) is 11.5 Å². The number of ether oxygens (including phenoxy) is 2. The number of nitro benzene ring substituents is 2. The molecule has 0 fully saturated rings. The number of halogens is 3. The second-order valence-corrected chi connectivity index (χ2v) is 8.69. The molecule has 36 heavy (non-hydrogen) atoms. The molecular weight excluding hydrogens is 583 g/mol. The first kappa shape index (κ1) is 26.9. The van der Waals surface area contributed by atoms with Gasteiger partial charge < -0.3 is 9.47 Å². The molecule has 3 rings (SSSR count). The van der Waals surface area contributed by atoms with Crippen molar-refractivity contribution in [2.75, 3.05) is 7.11 Å². The predicted molar refractivity (Wildman–Crippen MR) is 136 cm³/mol. The fourth-order valence-electron chi connectivity index (χ4n) is 2.91. The minimum atomic E-state index is -0.870. The van der Waals surface area contributed by atoms with Crippen LogP contribution in [0, 0.1) is 20.2 Å². The lowest BCUT2D eigenvalue weighted by Crippen LogP contribution is -2.18. The molecule has 0 aromatic heterocycles. The highest BCUT2D eigenvalue weighted by molar-refractivity contribution is 9.10. The molecule has 0 unspecified atom stereocenters. The zero-order valence-electron chi connectivity index (χ0n) is 18.2. The minimum Gasteiger partial charge on any atom is -0.493 e. The summed E-state index contributed by atoms with van der Waals surface area (Å²) in [4.78, 5) is 32.7. The quantitative estimate of drug-likeness (QED) is 0.183. The third-order valence-electron chi connectivity index (χ3n) is 4.59. The van der Waals surface area contributed by atoms with Gasteiger partial charge in [-0.05, 0) is 51.3 Å². The molecule has 0 aliphatic heterocycles. The summed E-state index contributed by atoms with van der Waals surface area (Å²) in [5, 5.41) is 26.7. The molecule has 0 saturated heterocycles. The van der Waals surface area contributed by atoms with Crippen molar-refractivity contribution < 1.29 is 24.1 Å². The summed E-state index contributed by atoms with van der Waals surface area (Å²) in [5.41, 5.74) is 1.99. The smallest absolute Gasteiger partial charge is 0.277 e. The van der Waals surface area contributed by atoms with Crippen LogP contribution in [-0.2, 0) is 6.61 Å². The molecule has 0 radical (unpaired) electrons. The van der Waals surface area contributed by atoms with Crippen molar-refractivity contribution in [2.24, 2.45) is 5.10 Å². The summed E-state index contributed by atoms with van der Waals surface area (Å²) in [6.07, 6.45) is 1.29. The predicted octanol–water partition coefficient (Wildman–Crippen LogP) is 5.92. The molecule has 0 spiro atoms. The van der Waals surface area contributed by atoms with E-state index >= 15 is 0 Å². The van der Waals surface area contributed by atoms with E-state index in [1.165, 1.54) is 13.3 Å². The van der Waals surface area contributed by atoms with Gasteiger partial charge in [-0.1, -0.05) is 29.3 Å². The van der Waals surface area contributed by atoms with Crippen molar-refractivity contribution in [2.45, 2.75) is 6.61 Å². The van der Waals surface area contributed by atoms with Crippen LogP contribution in [-0.4, -0.2) is 29.1 Å². The highest BCUT2D eigenvalue weighted by Gasteiger charge is 2.20. The Morgan fingerprint density at radius 2 is 1.72 bits per heavy atom. The average molecular weight is 598 g/mol. The summed E-state index contributed by atoms with van der Waals surface area (Å²) in [6, 6.07) is 11.0. The molecule has 3 aromatic rings. The number of hydrogen-bond donors (Lipinski definition) is 1. The number of amides is 1. The molecule has 0 saturated carbocycles. The Kier molecular flexibility index (Phi) is 8.80. The Morgan fingerprint density at radius 1 is 1.06 bits per heavy atom. The molecule has 1 N–H and O–H groups in total. The molecule has 0 aliphatic carbocycles. The third kappa shape index (κ3) is 6.68. The van der Waals surface area contributed by atoms with Crippen LogP contribution in [0.4, 0.5) is 11.4 Å². The van der Waals surface area contributed by atoms with Gasteiger partial charge in [0, 0.05) is 12.1 Å². The lowest BCUT2D eigenvalue weighted by Gasteiger charge is -2.14. The fourth-order valence-corrected chi connectivity index (χ4v) is 3.80. The molecule has 0 aliphatic rings. The van der Waals surface area contributed by atoms with Gasteiger partial charge in [0.05, 0.1) is 49.3 Å². The number of hydrogen-bond acceptors (Lipinski definition) is 8. The lowest BCUT2D eigenvalue weighted by atomic mass is 10.1. The summed E-state index contributed by atoms with van der Waals surface area (Å²) in [5.74, 6) is -0.0918. The Balaban J connectivity index is 1.74. The molecule has 11 nitrogen and oxygen atoms in total. The number of non-ortho nitro benzene ring substituents is 2. The Morgan fingerprint density at radius 3 is 2.31 bits per heavy atom. The van der Waals surface area contributed by atoms with E-state index in [1.807, 2.05) is 0 Å². The highest BCUT2D eigenvalue weighted by atomic mass is 79.9. The standard InChI is InChI=1S/C22H15BrCl2N4O7/c1-35-20-6-13(4-17(23)21(20)36-11-12-2-3-18(24)19(25)5-12)10-26-27-22(30)14-7-15(28(31)32)9-16(8-14)29(33)34/h2-10H,11H2,1H3,(H,27,30)/b26-10-. The van der Waals surface area contributed by atoms with Crippen molar-refractivity contribution >= 4 is 62.6 Å². The van der Waals surface area contributed by atoms with Crippen molar-refractivity contribution in [1.29, 1.82) is 0 Å². The van der Waals surface area contributed by atoms with Crippen molar-refractivity contribution in [3.8, 4) is 11.5 Å². The van der Waals surface area contributed by atoms with E-state index in [1.54, 1.807) is 30.3 Å². The number of nitrogens with zero attached hydrogens (tertiary/aromatic N) is 3. The summed E-state index contributed by atoms with van der Waals surface area (Å²) in [6.45, 7) is 0.185. The van der Waals surface area contributed by atoms with E-state index in [-0.39, 0.29) is 12.2 Å². The molecular formula is C22H15BrCl2N4O7. The van der Waals surface area contributed by atoms with E-state index in [4.69, 9.17) is 32.7 Å². The summed E-state index contributed by atoms with van der Waals surface area (Å²) in [7, 11) is 1.45. The number of hydrazone groups is 1. The van der Waals surface area contributed by atoms with E-state index in [2.05, 4.69) is 26.5 Å². The average Bonchev–Trinajstić information content (AvgIpc) is 2.84. The van der Waals surface area contributed by atoms with Crippen LogP contribution in [0.3, 0.4) is 0 Å². The topological polar surface area (TPSA) is 146 Å². The fraction of sp³-hybridized carbons (Fsp3) is 0.0909. The Hall–Kier alpha value is -3.74. The molecule has 0 bridgehead atoms. The van der Waals surface area contributed by atoms with Gasteiger partial charge in [-0.3, -0.25) is 25.0 Å². The van der Waals surface area contributed by atoms with E-state index < -0.39 is 27.1 Å². The number of benzene rings is 3. The number of nitro groups is 2. The third-order valence-corrected chi connectivity index (χ3v) is 5.91. The normalized spacial score (nSPS) is 10.8. The van der Waals surface area contributed by atoms with Gasteiger partial charge in [-0.2, -0.15) is 5.10 Å². The zero-order chi connectivity index (χ0) is 26.4. The maximum Gasteiger partial charge on any atom is 0.277 e. The molecule has 186 valence electrons. The van der Waals surface area contributed by atoms with Gasteiger partial charge in [0.1, 0.15) is 6.61 Å². The molecule has 1 amide bonds. The van der Waals surface area contributed by atoms with Crippen LogP contribution in [0.15, 0.2) is 58.1 Å². The monoisotopic (exact) mass is 596 g/mol. The Labute approximate surface area is 222 Å². The SMILES string of the molecule is COc1cc(/C=N\NC(=O)c2cc([N+](=O)[O-])cc([N+](=O)[O-])c2)cc(Br)c1OCc1ccc(Cl)c(Cl)c1. The van der Waals surface area contributed by atoms with E-state index in [9.17, 15) is 25.0 Å². The number of carbonyl (C=O) groups is 1. The number of methoxy groups -OCH3 is 1. The molecule has 14 heteroatoms. The van der Waals surface area contributed by atoms with Crippen LogP contribution < -0.4 is 14.9 Å². The maximum atomic E-state index is 12.4. The van der Waals surface area contributed by atoms with Crippen LogP contribution >= 0.6 is 39.1 Å². The van der Waals surface area contributed by atoms with Crippen molar-refractivity contribution in [3.05, 3.63) is 100.0 Å². The second-order valence-electron chi connectivity index (χ2n) is 7.02. The zero-order valence-corrected chi connectivity index (χ0v) is 21.3. The van der Waals surface area contributed by atoms with Gasteiger partial charge in [0.2, 0.25) is 0 Å². The van der Waals surface area contributed by atoms with Gasteiger partial charge in [-0.15, -0.1) is 0 Å². The van der Waals surface area contributed by atoms with Crippen molar-refractivity contribution in [3.63, 3.8) is 0 Å². The molecule has 0 atom stereocenters. The van der Waals surface area contributed by atoms with Gasteiger partial charge in [0.15, 0.2) is 11.5 Å². The first-order valence-corrected chi connectivity index (χ1v) is 11.4. The highest BCUT2D eigenvalue weighted by Crippen LogP contribution is 2.37. The Bertz CT molecular complexity index is 1350. The first-order chi connectivity index (χ1) is 17.1. The summed E-state index contributed by atoms with van der Waals surface area (Å²) < 4.78 is 11.8. The minimum absolute atomic E-state index is 0.185. The van der Waals surface area contributed by atoms with Gasteiger partial charge in [0.25, 0.3) is 17.3 Å². The van der Waals surface area contributed by atoms with Gasteiger partial charge in [-0.25, -0.2) is 5.43 Å². The van der Waals surface area contributed by atoms with Crippen LogP contribution in [0.2, 0.25) is 10.0 Å². The van der Waals surface area contributed by atoms with Gasteiger partial charge >= 0.3 is 0 Å². The second kappa shape index (κ2) is 11.8. The maximum absolute atomic E-state index is 12.4. The largest absolute Gasteiger partial charge is 0.493 e. The van der Waals surface area contributed by atoms with Crippen LogP contribution in [0.25, 0.3) is 0 Å². The lowest BCUT2D eigenvalue weighted by molar-refractivity contribution is -0.394. The number of rotatable bonds is 9. The number of nitrogens with one attached hydrogen (secondary N) is 1. The van der Waals surface area contributed by atoms with Crippen LogP contribution in [0.1, 0.15) is 21.5 Å². The summed E-state index contributed by atoms with van der Waals surface area (Å²) >= 11 is 15.4.